The standard InChI is InChI=1S/C14H14Cl4O2/c1-13(2)9(10(13)12(19)20)11(16)14(17,18)7-3-5-8(15)6-4-7/h3-6,9-11H,1-2H3,(H,19,20)/t9-,10-,11?/m1/s1. The molecular formula is C14H14Cl4O2. The minimum atomic E-state index is -1.36. The van der Waals surface area contributed by atoms with Crippen LogP contribution in [0, 0.1) is 17.3 Å². The van der Waals surface area contributed by atoms with E-state index >= 15 is 0 Å². The zero-order valence-electron chi connectivity index (χ0n) is 10.9. The fourth-order valence-corrected chi connectivity index (χ4v) is 4.00. The van der Waals surface area contributed by atoms with Crippen LogP contribution in [0.4, 0.5) is 0 Å². The van der Waals surface area contributed by atoms with Crippen molar-refractivity contribution in [3.63, 3.8) is 0 Å². The smallest absolute Gasteiger partial charge is 0.307 e. The van der Waals surface area contributed by atoms with Crippen LogP contribution in [0.15, 0.2) is 24.3 Å². The zero-order chi connectivity index (χ0) is 15.3. The normalized spacial score (nSPS) is 26.1. The molecule has 110 valence electrons. The fraction of sp³-hybridized carbons (Fsp3) is 0.500. The Morgan fingerprint density at radius 1 is 1.30 bits per heavy atom. The summed E-state index contributed by atoms with van der Waals surface area (Å²) < 4.78 is -1.36. The van der Waals surface area contributed by atoms with Gasteiger partial charge in [0, 0.05) is 5.02 Å². The minimum Gasteiger partial charge on any atom is -0.481 e. The van der Waals surface area contributed by atoms with Crippen molar-refractivity contribution >= 4 is 52.4 Å². The molecule has 0 radical (unpaired) electrons. The molecule has 2 rings (SSSR count). The predicted octanol–water partition coefficient (Wildman–Crippen LogP) is 4.93. The average molecular weight is 356 g/mol. The molecular weight excluding hydrogens is 342 g/mol. The summed E-state index contributed by atoms with van der Waals surface area (Å²) in [5, 5.41) is 9.08. The van der Waals surface area contributed by atoms with Gasteiger partial charge < -0.3 is 5.11 Å². The maximum atomic E-state index is 11.2. The van der Waals surface area contributed by atoms with Crippen LogP contribution in [0.2, 0.25) is 5.02 Å². The van der Waals surface area contributed by atoms with Gasteiger partial charge in [-0.3, -0.25) is 4.79 Å². The summed E-state index contributed by atoms with van der Waals surface area (Å²) in [6.07, 6.45) is 0. The Bertz CT molecular complexity index is 524. The average Bonchev–Trinajstić information content (AvgIpc) is 2.91. The van der Waals surface area contributed by atoms with Gasteiger partial charge >= 0.3 is 5.97 Å². The van der Waals surface area contributed by atoms with Crippen LogP contribution in [0.5, 0.6) is 0 Å². The molecule has 3 atom stereocenters. The van der Waals surface area contributed by atoms with Gasteiger partial charge in [0.2, 0.25) is 0 Å². The Morgan fingerprint density at radius 3 is 2.20 bits per heavy atom. The lowest BCUT2D eigenvalue weighted by Gasteiger charge is -2.27. The van der Waals surface area contributed by atoms with Crippen molar-refractivity contribution in [1.82, 2.24) is 0 Å². The molecule has 0 aromatic heterocycles. The van der Waals surface area contributed by atoms with Gasteiger partial charge in [-0.05, 0) is 29.0 Å². The molecule has 20 heavy (non-hydrogen) atoms. The van der Waals surface area contributed by atoms with Crippen molar-refractivity contribution in [2.24, 2.45) is 17.3 Å². The highest BCUT2D eigenvalue weighted by Crippen LogP contribution is 2.65. The van der Waals surface area contributed by atoms with Crippen LogP contribution in [0.1, 0.15) is 19.4 Å². The number of halogens is 4. The van der Waals surface area contributed by atoms with Gasteiger partial charge in [-0.1, -0.05) is 60.8 Å². The summed E-state index contributed by atoms with van der Waals surface area (Å²) in [7, 11) is 0. The van der Waals surface area contributed by atoms with Gasteiger partial charge in [-0.15, -0.1) is 11.6 Å². The highest BCUT2D eigenvalue weighted by atomic mass is 35.5. The highest BCUT2D eigenvalue weighted by Gasteiger charge is 2.67. The molecule has 0 aliphatic heterocycles. The van der Waals surface area contributed by atoms with Crippen LogP contribution in [-0.4, -0.2) is 16.5 Å². The van der Waals surface area contributed by atoms with E-state index in [1.54, 1.807) is 24.3 Å². The van der Waals surface area contributed by atoms with Crippen LogP contribution >= 0.6 is 46.4 Å². The van der Waals surface area contributed by atoms with Crippen molar-refractivity contribution in [2.45, 2.75) is 23.6 Å². The molecule has 1 aliphatic rings. The number of carboxylic acid groups (broad SMARTS) is 1. The first-order chi connectivity index (χ1) is 9.10. The number of alkyl halides is 3. The van der Waals surface area contributed by atoms with Gasteiger partial charge in [-0.2, -0.15) is 0 Å². The summed E-state index contributed by atoms with van der Waals surface area (Å²) in [6, 6.07) is 6.74. The minimum absolute atomic E-state index is 0.285. The Labute approximate surface area is 138 Å². The van der Waals surface area contributed by atoms with Crippen molar-refractivity contribution in [3.8, 4) is 0 Å². The first-order valence-electron chi connectivity index (χ1n) is 6.11. The highest BCUT2D eigenvalue weighted by molar-refractivity contribution is 6.52. The molecule has 0 amide bonds. The summed E-state index contributed by atoms with van der Waals surface area (Å²) in [4.78, 5) is 11.2. The molecule has 0 heterocycles. The summed E-state index contributed by atoms with van der Waals surface area (Å²) >= 11 is 25.0. The van der Waals surface area contributed by atoms with Crippen LogP contribution in [-0.2, 0) is 9.13 Å². The van der Waals surface area contributed by atoms with Crippen molar-refractivity contribution < 1.29 is 9.90 Å². The SMILES string of the molecule is CC1(C)[C@@H](C(=O)O)[C@@H]1C(Cl)C(Cl)(Cl)c1ccc(Cl)cc1. The number of hydrogen-bond donors (Lipinski definition) is 1. The van der Waals surface area contributed by atoms with Gasteiger partial charge in [0.25, 0.3) is 0 Å². The van der Waals surface area contributed by atoms with E-state index in [-0.39, 0.29) is 5.92 Å². The second-order valence-corrected chi connectivity index (χ2v) is 7.99. The lowest BCUT2D eigenvalue weighted by molar-refractivity contribution is -0.139. The number of carbonyl (C=O) groups is 1. The Hall–Kier alpha value is -0.150. The molecule has 1 aromatic carbocycles. The number of aliphatic carboxylic acids is 1. The molecule has 0 bridgehead atoms. The molecule has 1 N–H and O–H groups in total. The molecule has 1 fully saturated rings. The van der Waals surface area contributed by atoms with E-state index in [0.717, 1.165) is 0 Å². The maximum Gasteiger partial charge on any atom is 0.307 e. The van der Waals surface area contributed by atoms with Crippen LogP contribution < -0.4 is 0 Å². The van der Waals surface area contributed by atoms with Gasteiger partial charge in [0.1, 0.15) is 0 Å². The third-order valence-electron chi connectivity index (χ3n) is 4.07. The van der Waals surface area contributed by atoms with Gasteiger partial charge in [0.15, 0.2) is 4.33 Å². The quantitative estimate of drug-likeness (QED) is 0.777. The van der Waals surface area contributed by atoms with Gasteiger partial charge in [-0.25, -0.2) is 0 Å². The number of carboxylic acids is 1. The fourth-order valence-electron chi connectivity index (χ4n) is 2.75. The Morgan fingerprint density at radius 2 is 1.80 bits per heavy atom. The first-order valence-corrected chi connectivity index (χ1v) is 7.68. The summed E-state index contributed by atoms with van der Waals surface area (Å²) in [6.45, 7) is 3.72. The lowest BCUT2D eigenvalue weighted by atomic mass is 10.0. The monoisotopic (exact) mass is 354 g/mol. The second kappa shape index (κ2) is 5.24. The topological polar surface area (TPSA) is 37.3 Å². The van der Waals surface area contributed by atoms with Crippen molar-refractivity contribution in [3.05, 3.63) is 34.9 Å². The lowest BCUT2D eigenvalue weighted by Crippen LogP contribution is -2.28. The predicted molar refractivity (Wildman–Crippen MR) is 82.9 cm³/mol. The first kappa shape index (κ1) is 16.2. The Balaban J connectivity index is 2.26. The maximum absolute atomic E-state index is 11.2. The van der Waals surface area contributed by atoms with Crippen LogP contribution in [0.3, 0.4) is 0 Å². The van der Waals surface area contributed by atoms with E-state index in [1.165, 1.54) is 0 Å². The molecule has 2 nitrogen and oxygen atoms in total. The third kappa shape index (κ3) is 2.64. The zero-order valence-corrected chi connectivity index (χ0v) is 13.9. The molecule has 1 saturated carbocycles. The van der Waals surface area contributed by atoms with E-state index in [9.17, 15) is 9.90 Å². The third-order valence-corrected chi connectivity index (χ3v) is 6.05. The molecule has 6 heteroatoms. The van der Waals surface area contributed by atoms with Crippen LogP contribution in [0.25, 0.3) is 0 Å². The molecule has 0 saturated heterocycles. The number of benzene rings is 1. The van der Waals surface area contributed by atoms with E-state index < -0.39 is 27.0 Å². The second-order valence-electron chi connectivity index (χ2n) is 5.69. The van der Waals surface area contributed by atoms with Crippen molar-refractivity contribution in [2.75, 3.05) is 0 Å². The summed E-state index contributed by atoms with van der Waals surface area (Å²) in [5.74, 6) is -1.69. The number of rotatable bonds is 4. The molecule has 1 unspecified atom stereocenters. The van der Waals surface area contributed by atoms with E-state index in [2.05, 4.69) is 0 Å². The molecule has 0 spiro atoms. The largest absolute Gasteiger partial charge is 0.481 e. The summed E-state index contributed by atoms with van der Waals surface area (Å²) in [5.41, 5.74) is 0.191. The van der Waals surface area contributed by atoms with Crippen molar-refractivity contribution in [1.29, 1.82) is 0 Å². The van der Waals surface area contributed by atoms with E-state index in [0.29, 0.717) is 10.6 Å². The molecule has 1 aliphatic carbocycles. The van der Waals surface area contributed by atoms with Gasteiger partial charge in [0.05, 0.1) is 11.3 Å². The van der Waals surface area contributed by atoms with E-state index in [1.807, 2.05) is 13.8 Å². The van der Waals surface area contributed by atoms with E-state index in [4.69, 9.17) is 46.4 Å². The molecule has 1 aromatic rings. The Kier molecular flexibility index (Phi) is 4.25. The number of hydrogen-bond acceptors (Lipinski definition) is 1.